The van der Waals surface area contributed by atoms with E-state index in [0.29, 0.717) is 11.4 Å². The van der Waals surface area contributed by atoms with E-state index in [4.69, 9.17) is 0 Å². The first kappa shape index (κ1) is 16.2. The van der Waals surface area contributed by atoms with E-state index in [9.17, 15) is 4.39 Å². The molecule has 7 heteroatoms. The van der Waals surface area contributed by atoms with Crippen LogP contribution in [0.4, 0.5) is 4.39 Å². The van der Waals surface area contributed by atoms with Gasteiger partial charge in [-0.1, -0.05) is 6.07 Å². The van der Waals surface area contributed by atoms with E-state index in [1.807, 2.05) is 24.6 Å². The Morgan fingerprint density at radius 2 is 2.16 bits per heavy atom. The van der Waals surface area contributed by atoms with Gasteiger partial charge in [0.15, 0.2) is 5.82 Å². The fourth-order valence-corrected chi connectivity index (χ4v) is 3.76. The summed E-state index contributed by atoms with van der Waals surface area (Å²) in [6.45, 7) is 7.60. The number of para-hydroxylation sites is 1. The van der Waals surface area contributed by atoms with Crippen molar-refractivity contribution >= 4 is 11.0 Å². The predicted octanol–water partition coefficient (Wildman–Crippen LogP) is 2.82. The zero-order valence-corrected chi connectivity index (χ0v) is 14.7. The van der Waals surface area contributed by atoms with E-state index >= 15 is 0 Å². The van der Waals surface area contributed by atoms with Gasteiger partial charge in [0.1, 0.15) is 23.0 Å². The predicted molar refractivity (Wildman–Crippen MR) is 93.5 cm³/mol. The minimum atomic E-state index is -0.270. The highest BCUT2D eigenvalue weighted by molar-refractivity contribution is 5.75. The van der Waals surface area contributed by atoms with E-state index in [0.717, 1.165) is 55.6 Å². The number of hydrogen-bond donors (Lipinski definition) is 1. The Labute approximate surface area is 146 Å². The Kier molecular flexibility index (Phi) is 4.25. The molecule has 1 saturated heterocycles. The van der Waals surface area contributed by atoms with Crippen molar-refractivity contribution in [3.8, 4) is 0 Å². The fraction of sp³-hybridized carbons (Fsp3) is 0.500. The van der Waals surface area contributed by atoms with Crippen LogP contribution in [-0.2, 0) is 13.1 Å². The van der Waals surface area contributed by atoms with Gasteiger partial charge in [-0.2, -0.15) is 5.10 Å². The normalized spacial score (nSPS) is 18.9. The first-order chi connectivity index (χ1) is 12.1. The van der Waals surface area contributed by atoms with Crippen LogP contribution >= 0.6 is 0 Å². The summed E-state index contributed by atoms with van der Waals surface area (Å²) in [4.78, 5) is 14.4. The second-order valence-corrected chi connectivity index (χ2v) is 6.95. The Balaban J connectivity index is 1.43. The van der Waals surface area contributed by atoms with Crippen molar-refractivity contribution in [2.45, 2.75) is 39.8 Å². The molecule has 0 amide bonds. The van der Waals surface area contributed by atoms with Crippen molar-refractivity contribution in [3.63, 3.8) is 0 Å². The minimum Gasteiger partial charge on any atom is -0.341 e. The molecule has 0 unspecified atom stereocenters. The van der Waals surface area contributed by atoms with Gasteiger partial charge in [0, 0.05) is 13.1 Å². The van der Waals surface area contributed by atoms with E-state index in [1.54, 1.807) is 6.07 Å². The standard InChI is InChI=1S/C18H23FN6/c1-12-20-13(2)25(23-12)10-14-5-4-8-24(9-14)11-17-21-16-7-3-6-15(19)18(16)22-17/h3,6-7,14H,4-5,8-11H2,1-2H3,(H,21,22)/t14-/m0/s1. The molecule has 1 aliphatic heterocycles. The van der Waals surface area contributed by atoms with Crippen molar-refractivity contribution in [3.05, 3.63) is 41.5 Å². The number of hydrogen-bond acceptors (Lipinski definition) is 4. The third-order valence-electron chi connectivity index (χ3n) is 4.88. The Morgan fingerprint density at radius 1 is 1.28 bits per heavy atom. The lowest BCUT2D eigenvalue weighted by molar-refractivity contribution is 0.150. The third-order valence-corrected chi connectivity index (χ3v) is 4.88. The zero-order valence-electron chi connectivity index (χ0n) is 14.7. The molecule has 0 aliphatic carbocycles. The summed E-state index contributed by atoms with van der Waals surface area (Å²) in [7, 11) is 0. The average molecular weight is 342 g/mol. The van der Waals surface area contributed by atoms with Crippen LogP contribution in [-0.4, -0.2) is 42.7 Å². The minimum absolute atomic E-state index is 0.270. The molecule has 3 aromatic rings. The molecule has 0 bridgehead atoms. The maximum absolute atomic E-state index is 13.8. The van der Waals surface area contributed by atoms with Crippen molar-refractivity contribution in [2.24, 2.45) is 5.92 Å². The Morgan fingerprint density at radius 3 is 2.92 bits per heavy atom. The second-order valence-electron chi connectivity index (χ2n) is 6.95. The molecule has 1 aliphatic rings. The highest BCUT2D eigenvalue weighted by Crippen LogP contribution is 2.21. The number of aromatic nitrogens is 5. The number of rotatable bonds is 4. The van der Waals surface area contributed by atoms with Crippen molar-refractivity contribution in [1.82, 2.24) is 29.6 Å². The van der Waals surface area contributed by atoms with Gasteiger partial charge < -0.3 is 4.98 Å². The number of nitrogens with zero attached hydrogens (tertiary/aromatic N) is 5. The Bertz CT molecular complexity index is 883. The van der Waals surface area contributed by atoms with Crippen LogP contribution in [0.3, 0.4) is 0 Å². The Hall–Kier alpha value is -2.28. The summed E-state index contributed by atoms with van der Waals surface area (Å²) in [6.07, 6.45) is 2.36. The summed E-state index contributed by atoms with van der Waals surface area (Å²) >= 11 is 0. The summed E-state index contributed by atoms with van der Waals surface area (Å²) in [5.41, 5.74) is 1.19. The number of piperidine rings is 1. The molecular formula is C18H23FN6. The lowest BCUT2D eigenvalue weighted by Crippen LogP contribution is -2.37. The summed E-state index contributed by atoms with van der Waals surface area (Å²) < 4.78 is 15.8. The number of imidazole rings is 1. The molecule has 0 spiro atoms. The monoisotopic (exact) mass is 342 g/mol. The van der Waals surface area contributed by atoms with Gasteiger partial charge in [0.25, 0.3) is 0 Å². The second kappa shape index (κ2) is 6.55. The molecule has 0 saturated carbocycles. The van der Waals surface area contributed by atoms with Crippen LogP contribution in [0.2, 0.25) is 0 Å². The van der Waals surface area contributed by atoms with Crippen molar-refractivity contribution in [1.29, 1.82) is 0 Å². The molecule has 25 heavy (non-hydrogen) atoms. The van der Waals surface area contributed by atoms with Gasteiger partial charge in [0.2, 0.25) is 0 Å². The molecular weight excluding hydrogens is 319 g/mol. The van der Waals surface area contributed by atoms with Gasteiger partial charge in [-0.3, -0.25) is 4.90 Å². The lowest BCUT2D eigenvalue weighted by Gasteiger charge is -2.32. The first-order valence-corrected chi connectivity index (χ1v) is 8.82. The fourth-order valence-electron chi connectivity index (χ4n) is 3.76. The van der Waals surface area contributed by atoms with Gasteiger partial charge in [0.05, 0.1) is 12.1 Å². The topological polar surface area (TPSA) is 62.6 Å². The number of halogens is 1. The number of fused-ring (bicyclic) bond motifs is 1. The maximum atomic E-state index is 13.8. The first-order valence-electron chi connectivity index (χ1n) is 8.82. The van der Waals surface area contributed by atoms with Crippen LogP contribution in [0, 0.1) is 25.6 Å². The van der Waals surface area contributed by atoms with Gasteiger partial charge in [-0.25, -0.2) is 19.0 Å². The number of nitrogens with one attached hydrogen (secondary N) is 1. The molecule has 0 radical (unpaired) electrons. The van der Waals surface area contributed by atoms with E-state index in [1.165, 1.54) is 12.5 Å². The van der Waals surface area contributed by atoms with Crippen molar-refractivity contribution in [2.75, 3.05) is 13.1 Å². The molecule has 1 N–H and O–H groups in total. The number of likely N-dealkylation sites (tertiary alicyclic amines) is 1. The summed E-state index contributed by atoms with van der Waals surface area (Å²) in [5.74, 6) is 2.91. The molecule has 6 nitrogen and oxygen atoms in total. The molecule has 1 atom stereocenters. The number of benzene rings is 1. The highest BCUT2D eigenvalue weighted by atomic mass is 19.1. The largest absolute Gasteiger partial charge is 0.341 e. The van der Waals surface area contributed by atoms with Gasteiger partial charge in [-0.15, -0.1) is 0 Å². The smallest absolute Gasteiger partial charge is 0.151 e. The van der Waals surface area contributed by atoms with Crippen molar-refractivity contribution < 1.29 is 4.39 Å². The van der Waals surface area contributed by atoms with Crippen LogP contribution in [0.1, 0.15) is 30.3 Å². The SMILES string of the molecule is Cc1nc(C)n(C[C@H]2CCCN(Cc3nc4c(F)cccc4[nH]3)C2)n1. The van der Waals surface area contributed by atoms with Crippen LogP contribution in [0.25, 0.3) is 11.0 Å². The van der Waals surface area contributed by atoms with E-state index in [2.05, 4.69) is 25.0 Å². The molecule has 2 aromatic heterocycles. The average Bonchev–Trinajstić information content (AvgIpc) is 3.11. The lowest BCUT2D eigenvalue weighted by atomic mass is 9.98. The number of H-pyrrole nitrogens is 1. The highest BCUT2D eigenvalue weighted by Gasteiger charge is 2.22. The molecule has 132 valence electrons. The molecule has 3 heterocycles. The summed E-state index contributed by atoms with van der Waals surface area (Å²) in [5, 5.41) is 4.48. The van der Waals surface area contributed by atoms with Gasteiger partial charge >= 0.3 is 0 Å². The van der Waals surface area contributed by atoms with Gasteiger partial charge in [-0.05, 0) is 51.3 Å². The molecule has 4 rings (SSSR count). The number of aryl methyl sites for hydroxylation is 2. The van der Waals surface area contributed by atoms with E-state index < -0.39 is 0 Å². The quantitative estimate of drug-likeness (QED) is 0.792. The third kappa shape index (κ3) is 3.42. The molecule has 1 aromatic carbocycles. The number of aromatic amines is 1. The van der Waals surface area contributed by atoms with Crippen LogP contribution < -0.4 is 0 Å². The van der Waals surface area contributed by atoms with E-state index in [-0.39, 0.29) is 5.82 Å². The maximum Gasteiger partial charge on any atom is 0.151 e. The van der Waals surface area contributed by atoms with Crippen LogP contribution in [0.5, 0.6) is 0 Å². The molecule has 1 fully saturated rings. The zero-order chi connectivity index (χ0) is 17.4. The summed E-state index contributed by atoms with van der Waals surface area (Å²) in [6, 6.07) is 5.02. The van der Waals surface area contributed by atoms with Crippen LogP contribution in [0.15, 0.2) is 18.2 Å².